The van der Waals surface area contributed by atoms with Crippen molar-refractivity contribution in [2.45, 2.75) is 24.7 Å². The monoisotopic (exact) mass is 294 g/mol. The standard InChI is InChI=1S/C11H17F3N4S/c1-4-5-18(7-11(12,13)14)9-6-8(15-2)16-10(17-9)19-3/h6H,4-5,7H2,1-3H3,(H,15,16,17). The van der Waals surface area contributed by atoms with Gasteiger partial charge in [0, 0.05) is 19.7 Å². The minimum atomic E-state index is -4.25. The van der Waals surface area contributed by atoms with Crippen LogP contribution in [0.3, 0.4) is 0 Å². The molecule has 0 aliphatic heterocycles. The van der Waals surface area contributed by atoms with Gasteiger partial charge in [0.15, 0.2) is 5.16 Å². The fraction of sp³-hybridized carbons (Fsp3) is 0.636. The van der Waals surface area contributed by atoms with Crippen LogP contribution in [0.5, 0.6) is 0 Å². The summed E-state index contributed by atoms with van der Waals surface area (Å²) in [6.07, 6.45) is -1.85. The lowest BCUT2D eigenvalue weighted by Gasteiger charge is -2.25. The van der Waals surface area contributed by atoms with Crippen molar-refractivity contribution in [1.82, 2.24) is 9.97 Å². The zero-order chi connectivity index (χ0) is 14.5. The molecule has 0 bridgehead atoms. The maximum absolute atomic E-state index is 12.6. The quantitative estimate of drug-likeness (QED) is 0.645. The van der Waals surface area contributed by atoms with E-state index in [0.29, 0.717) is 29.8 Å². The predicted molar refractivity (Wildman–Crippen MR) is 71.9 cm³/mol. The second-order valence-electron chi connectivity index (χ2n) is 3.88. The van der Waals surface area contributed by atoms with Crippen LogP contribution in [0.15, 0.2) is 11.2 Å². The summed E-state index contributed by atoms with van der Waals surface area (Å²) in [4.78, 5) is 9.51. The van der Waals surface area contributed by atoms with Crippen LogP contribution in [0.2, 0.25) is 0 Å². The molecule has 0 radical (unpaired) electrons. The molecular weight excluding hydrogens is 277 g/mol. The Labute approximate surface area is 114 Å². The molecule has 0 aliphatic rings. The molecule has 1 rings (SSSR count). The normalized spacial score (nSPS) is 11.5. The number of aromatic nitrogens is 2. The number of alkyl halides is 3. The van der Waals surface area contributed by atoms with Gasteiger partial charge in [-0.3, -0.25) is 0 Å². The first-order valence-corrected chi connectivity index (χ1v) is 7.04. The van der Waals surface area contributed by atoms with E-state index in [1.165, 1.54) is 22.7 Å². The molecule has 8 heteroatoms. The number of nitrogens with one attached hydrogen (secondary N) is 1. The van der Waals surface area contributed by atoms with Gasteiger partial charge in [0.25, 0.3) is 0 Å². The first-order chi connectivity index (χ1) is 8.89. The predicted octanol–water partition coefficient (Wildman–Crippen LogP) is 3.02. The minimum absolute atomic E-state index is 0.294. The number of hydrogen-bond donors (Lipinski definition) is 1. The number of nitrogens with zero attached hydrogens (tertiary/aromatic N) is 3. The Kier molecular flexibility index (Phi) is 5.71. The largest absolute Gasteiger partial charge is 0.405 e. The molecule has 0 fully saturated rings. The number of rotatable bonds is 6. The molecule has 0 atom stereocenters. The molecule has 19 heavy (non-hydrogen) atoms. The summed E-state index contributed by atoms with van der Waals surface area (Å²) in [5.74, 6) is 0.806. The summed E-state index contributed by atoms with van der Waals surface area (Å²) in [6, 6.07) is 1.53. The van der Waals surface area contributed by atoms with Crippen molar-refractivity contribution in [3.05, 3.63) is 6.07 Å². The van der Waals surface area contributed by atoms with Crippen molar-refractivity contribution >= 4 is 23.4 Å². The molecule has 0 aromatic carbocycles. The van der Waals surface area contributed by atoms with Crippen molar-refractivity contribution in [2.24, 2.45) is 0 Å². The molecule has 1 aromatic rings. The molecule has 108 valence electrons. The average Bonchev–Trinajstić information content (AvgIpc) is 2.36. The molecule has 0 saturated carbocycles. The smallest absolute Gasteiger partial charge is 0.373 e. The Morgan fingerprint density at radius 2 is 2.05 bits per heavy atom. The van der Waals surface area contributed by atoms with E-state index in [9.17, 15) is 13.2 Å². The number of anilines is 2. The fourth-order valence-electron chi connectivity index (χ4n) is 1.56. The van der Waals surface area contributed by atoms with Crippen molar-refractivity contribution in [3.63, 3.8) is 0 Å². The van der Waals surface area contributed by atoms with Crippen molar-refractivity contribution < 1.29 is 13.2 Å². The summed E-state index contributed by atoms with van der Waals surface area (Å²) in [6.45, 7) is 1.13. The van der Waals surface area contributed by atoms with E-state index >= 15 is 0 Å². The Balaban J connectivity index is 3.06. The Morgan fingerprint density at radius 1 is 1.37 bits per heavy atom. The van der Waals surface area contributed by atoms with Gasteiger partial charge in [-0.15, -0.1) is 0 Å². The van der Waals surface area contributed by atoms with Crippen LogP contribution in [0.25, 0.3) is 0 Å². The van der Waals surface area contributed by atoms with Gasteiger partial charge in [-0.2, -0.15) is 13.2 Å². The minimum Gasteiger partial charge on any atom is -0.373 e. The lowest BCUT2D eigenvalue weighted by molar-refractivity contribution is -0.119. The van der Waals surface area contributed by atoms with Crippen LogP contribution in [-0.4, -0.2) is 42.5 Å². The summed E-state index contributed by atoms with van der Waals surface area (Å²) in [5, 5.41) is 3.28. The zero-order valence-corrected chi connectivity index (χ0v) is 11.9. The van der Waals surface area contributed by atoms with E-state index in [1.54, 1.807) is 13.3 Å². The van der Waals surface area contributed by atoms with Gasteiger partial charge < -0.3 is 10.2 Å². The lowest BCUT2D eigenvalue weighted by Crippen LogP contribution is -2.35. The van der Waals surface area contributed by atoms with E-state index in [4.69, 9.17) is 0 Å². The lowest BCUT2D eigenvalue weighted by atomic mass is 10.3. The first kappa shape index (κ1) is 15.9. The molecule has 1 aromatic heterocycles. The van der Waals surface area contributed by atoms with Crippen molar-refractivity contribution in [1.29, 1.82) is 0 Å². The SMILES string of the molecule is CCCN(CC(F)(F)F)c1cc(NC)nc(SC)n1. The van der Waals surface area contributed by atoms with Crippen LogP contribution in [0.4, 0.5) is 24.8 Å². The van der Waals surface area contributed by atoms with E-state index in [0.717, 1.165) is 0 Å². The third-order valence-electron chi connectivity index (χ3n) is 2.32. The topological polar surface area (TPSA) is 41.0 Å². The molecule has 1 heterocycles. The van der Waals surface area contributed by atoms with Gasteiger partial charge in [-0.1, -0.05) is 18.7 Å². The Morgan fingerprint density at radius 3 is 2.53 bits per heavy atom. The molecule has 0 spiro atoms. The van der Waals surface area contributed by atoms with Crippen LogP contribution in [0, 0.1) is 0 Å². The van der Waals surface area contributed by atoms with E-state index in [2.05, 4.69) is 15.3 Å². The molecule has 0 unspecified atom stereocenters. The Hall–Kier alpha value is -1.18. The molecule has 1 N–H and O–H groups in total. The third kappa shape index (κ3) is 5.14. The molecule has 4 nitrogen and oxygen atoms in total. The maximum atomic E-state index is 12.6. The van der Waals surface area contributed by atoms with E-state index < -0.39 is 12.7 Å². The molecular formula is C11H17F3N4S. The van der Waals surface area contributed by atoms with Gasteiger partial charge in [0.05, 0.1) is 0 Å². The highest BCUT2D eigenvalue weighted by Gasteiger charge is 2.31. The van der Waals surface area contributed by atoms with Crippen LogP contribution in [0.1, 0.15) is 13.3 Å². The second-order valence-corrected chi connectivity index (χ2v) is 4.66. The zero-order valence-electron chi connectivity index (χ0n) is 11.1. The van der Waals surface area contributed by atoms with Crippen molar-refractivity contribution in [2.75, 3.05) is 36.6 Å². The Bertz CT molecular complexity index is 389. The summed E-state index contributed by atoms with van der Waals surface area (Å²) < 4.78 is 37.7. The van der Waals surface area contributed by atoms with Crippen LogP contribution >= 0.6 is 11.8 Å². The number of hydrogen-bond acceptors (Lipinski definition) is 5. The van der Waals surface area contributed by atoms with E-state index in [1.807, 2.05) is 6.92 Å². The maximum Gasteiger partial charge on any atom is 0.405 e. The van der Waals surface area contributed by atoms with Gasteiger partial charge in [0.1, 0.15) is 18.2 Å². The van der Waals surface area contributed by atoms with Crippen molar-refractivity contribution in [3.8, 4) is 0 Å². The highest BCUT2D eigenvalue weighted by molar-refractivity contribution is 7.98. The number of thioether (sulfide) groups is 1. The highest BCUT2D eigenvalue weighted by atomic mass is 32.2. The highest BCUT2D eigenvalue weighted by Crippen LogP contribution is 2.24. The van der Waals surface area contributed by atoms with Crippen LogP contribution in [-0.2, 0) is 0 Å². The fourth-order valence-corrected chi connectivity index (χ4v) is 1.93. The summed E-state index contributed by atoms with van der Waals surface area (Å²) in [5.41, 5.74) is 0. The van der Waals surface area contributed by atoms with Crippen LogP contribution < -0.4 is 10.2 Å². The second kappa shape index (κ2) is 6.83. The van der Waals surface area contributed by atoms with Gasteiger partial charge in [-0.05, 0) is 12.7 Å². The number of halogens is 3. The first-order valence-electron chi connectivity index (χ1n) is 5.82. The average molecular weight is 294 g/mol. The summed E-state index contributed by atoms with van der Waals surface area (Å²) >= 11 is 1.30. The summed E-state index contributed by atoms with van der Waals surface area (Å²) in [7, 11) is 1.67. The molecule has 0 aliphatic carbocycles. The molecule has 0 saturated heterocycles. The van der Waals surface area contributed by atoms with Gasteiger partial charge in [0.2, 0.25) is 0 Å². The van der Waals surface area contributed by atoms with Gasteiger partial charge >= 0.3 is 6.18 Å². The molecule has 0 amide bonds. The van der Waals surface area contributed by atoms with E-state index in [-0.39, 0.29) is 0 Å². The third-order valence-corrected chi connectivity index (χ3v) is 2.87. The van der Waals surface area contributed by atoms with Gasteiger partial charge in [-0.25, -0.2) is 9.97 Å².